The lowest BCUT2D eigenvalue weighted by atomic mass is 10.2. The summed E-state index contributed by atoms with van der Waals surface area (Å²) >= 11 is 1.23. The Labute approximate surface area is 171 Å². The fraction of sp³-hybridized carbons (Fsp3) is 0.143. The molecule has 0 aliphatic carbocycles. The van der Waals surface area contributed by atoms with Gasteiger partial charge >= 0.3 is 5.97 Å². The van der Waals surface area contributed by atoms with Crippen LogP contribution >= 0.6 is 11.8 Å². The lowest BCUT2D eigenvalue weighted by Gasteiger charge is -2.09. The van der Waals surface area contributed by atoms with E-state index in [4.69, 9.17) is 14.5 Å². The number of rotatable bonds is 7. The first-order valence-electron chi connectivity index (χ1n) is 8.66. The van der Waals surface area contributed by atoms with Crippen LogP contribution in [0.1, 0.15) is 27.4 Å². The third kappa shape index (κ3) is 5.70. The topological polar surface area (TPSA) is 105 Å². The van der Waals surface area contributed by atoms with Crippen molar-refractivity contribution in [3.8, 4) is 6.07 Å². The Morgan fingerprint density at radius 3 is 2.79 bits per heavy atom. The minimum atomic E-state index is -0.504. The number of aromatic nitrogens is 1. The van der Waals surface area contributed by atoms with Crippen molar-refractivity contribution in [2.24, 2.45) is 0 Å². The maximum absolute atomic E-state index is 12.4. The fourth-order valence-electron chi connectivity index (χ4n) is 2.47. The van der Waals surface area contributed by atoms with Crippen LogP contribution in [0, 0.1) is 18.3 Å². The van der Waals surface area contributed by atoms with Crippen LogP contribution in [0.2, 0.25) is 0 Å². The van der Waals surface area contributed by atoms with Gasteiger partial charge in [0.1, 0.15) is 18.1 Å². The van der Waals surface area contributed by atoms with Gasteiger partial charge in [-0.2, -0.15) is 5.26 Å². The van der Waals surface area contributed by atoms with Crippen LogP contribution in [0.3, 0.4) is 0 Å². The maximum Gasteiger partial charge on any atom is 0.339 e. The van der Waals surface area contributed by atoms with Gasteiger partial charge in [0, 0.05) is 16.6 Å². The molecule has 8 heteroatoms. The molecular formula is C21H17N3O4S. The summed E-state index contributed by atoms with van der Waals surface area (Å²) in [5, 5.41) is 15.5. The average molecular weight is 407 g/mol. The van der Waals surface area contributed by atoms with Crippen LogP contribution < -0.4 is 5.32 Å². The first-order chi connectivity index (χ1) is 14.0. The highest BCUT2D eigenvalue weighted by Gasteiger charge is 2.15. The van der Waals surface area contributed by atoms with Crippen LogP contribution in [-0.4, -0.2) is 22.8 Å². The molecule has 0 aliphatic heterocycles. The normalized spacial score (nSPS) is 10.2. The van der Waals surface area contributed by atoms with Crippen LogP contribution in [0.5, 0.6) is 0 Å². The van der Waals surface area contributed by atoms with Crippen molar-refractivity contribution in [3.63, 3.8) is 0 Å². The molecule has 0 spiro atoms. The number of esters is 1. The van der Waals surface area contributed by atoms with Crippen LogP contribution in [-0.2, 0) is 16.1 Å². The molecule has 146 valence electrons. The van der Waals surface area contributed by atoms with Crippen molar-refractivity contribution in [3.05, 3.63) is 77.2 Å². The van der Waals surface area contributed by atoms with E-state index in [-0.39, 0.29) is 18.3 Å². The number of thioether (sulfide) groups is 1. The lowest BCUT2D eigenvalue weighted by Crippen LogP contribution is -2.14. The molecule has 29 heavy (non-hydrogen) atoms. The monoisotopic (exact) mass is 407 g/mol. The highest BCUT2D eigenvalue weighted by molar-refractivity contribution is 8.00. The van der Waals surface area contributed by atoms with E-state index in [0.717, 1.165) is 0 Å². The SMILES string of the molecule is Cc1cc(COC(=O)c2ccccc2SCC(=O)Nc2cccc(C#N)c2)no1. The molecule has 1 N–H and O–H groups in total. The number of anilines is 1. The highest BCUT2D eigenvalue weighted by atomic mass is 32.2. The minimum Gasteiger partial charge on any atom is -0.455 e. The van der Waals surface area contributed by atoms with Gasteiger partial charge in [-0.05, 0) is 37.3 Å². The molecule has 0 saturated heterocycles. The second-order valence-corrected chi connectivity index (χ2v) is 7.05. The number of carbonyl (C=O) groups excluding carboxylic acids is 2. The first-order valence-corrected chi connectivity index (χ1v) is 9.65. The fourth-order valence-corrected chi connectivity index (χ4v) is 3.31. The molecule has 0 saturated carbocycles. The summed E-state index contributed by atoms with van der Waals surface area (Å²) in [4.78, 5) is 25.3. The number of hydrogen-bond donors (Lipinski definition) is 1. The van der Waals surface area contributed by atoms with Gasteiger partial charge < -0.3 is 14.6 Å². The van der Waals surface area contributed by atoms with Crippen molar-refractivity contribution in [1.29, 1.82) is 5.26 Å². The largest absolute Gasteiger partial charge is 0.455 e. The van der Waals surface area contributed by atoms with Gasteiger partial charge in [-0.1, -0.05) is 23.4 Å². The third-order valence-electron chi connectivity index (χ3n) is 3.77. The average Bonchev–Trinajstić information content (AvgIpc) is 3.16. The number of aryl methyl sites for hydroxylation is 1. The van der Waals surface area contributed by atoms with E-state index < -0.39 is 5.97 Å². The predicted octanol–water partition coefficient (Wildman–Crippen LogP) is 3.94. The number of ether oxygens (including phenoxy) is 1. The summed E-state index contributed by atoms with van der Waals surface area (Å²) in [5.74, 6) is -0.00986. The Morgan fingerprint density at radius 1 is 1.21 bits per heavy atom. The smallest absolute Gasteiger partial charge is 0.339 e. The zero-order valence-corrected chi connectivity index (χ0v) is 16.4. The van der Waals surface area contributed by atoms with E-state index in [2.05, 4.69) is 10.5 Å². The second kappa shape index (κ2) is 9.57. The summed E-state index contributed by atoms with van der Waals surface area (Å²) in [6.07, 6.45) is 0. The van der Waals surface area contributed by atoms with Crippen molar-refractivity contribution < 1.29 is 18.8 Å². The molecule has 0 unspecified atom stereocenters. The Morgan fingerprint density at radius 2 is 2.03 bits per heavy atom. The Bertz CT molecular complexity index is 1070. The molecule has 3 aromatic rings. The van der Waals surface area contributed by atoms with Crippen molar-refractivity contribution in [1.82, 2.24) is 5.16 Å². The second-order valence-electron chi connectivity index (χ2n) is 6.03. The molecule has 1 aromatic heterocycles. The zero-order chi connectivity index (χ0) is 20.6. The molecule has 2 aromatic carbocycles. The maximum atomic E-state index is 12.4. The van der Waals surface area contributed by atoms with E-state index in [0.29, 0.717) is 33.2 Å². The molecule has 3 rings (SSSR count). The van der Waals surface area contributed by atoms with Gasteiger partial charge in [0.15, 0.2) is 0 Å². The third-order valence-corrected chi connectivity index (χ3v) is 4.84. The summed E-state index contributed by atoms with van der Waals surface area (Å²) in [5.41, 5.74) is 1.91. The highest BCUT2D eigenvalue weighted by Crippen LogP contribution is 2.24. The number of nitrogens with one attached hydrogen (secondary N) is 1. The van der Waals surface area contributed by atoms with Gasteiger partial charge in [-0.25, -0.2) is 4.79 Å². The number of carbonyl (C=O) groups is 2. The molecule has 0 fully saturated rings. The van der Waals surface area contributed by atoms with Gasteiger partial charge in [0.25, 0.3) is 0 Å². The van der Waals surface area contributed by atoms with Gasteiger partial charge in [0.2, 0.25) is 5.91 Å². The Hall–Kier alpha value is -3.57. The first kappa shape index (κ1) is 20.2. The summed E-state index contributed by atoms with van der Waals surface area (Å²) in [6.45, 7) is 1.76. The van der Waals surface area contributed by atoms with E-state index in [9.17, 15) is 9.59 Å². The molecule has 1 amide bonds. The number of nitriles is 1. The van der Waals surface area contributed by atoms with E-state index in [1.165, 1.54) is 11.8 Å². The number of nitrogens with zero attached hydrogens (tertiary/aromatic N) is 2. The Balaban J connectivity index is 1.58. The van der Waals surface area contributed by atoms with Crippen LogP contribution in [0.15, 0.2) is 64.0 Å². The van der Waals surface area contributed by atoms with Crippen molar-refractivity contribution in [2.75, 3.05) is 11.1 Å². The van der Waals surface area contributed by atoms with Crippen molar-refractivity contribution >= 4 is 29.3 Å². The quantitative estimate of drug-likeness (QED) is 0.467. The summed E-state index contributed by atoms with van der Waals surface area (Å²) in [7, 11) is 0. The summed E-state index contributed by atoms with van der Waals surface area (Å²) in [6, 6.07) is 17.3. The standard InChI is InChI=1S/C21H17N3O4S/c1-14-9-17(24-28-14)12-27-21(26)18-7-2-3-8-19(18)29-13-20(25)23-16-6-4-5-15(10-16)11-22/h2-10H,12-13H2,1H3,(H,23,25). The lowest BCUT2D eigenvalue weighted by molar-refractivity contribution is -0.113. The van der Waals surface area contributed by atoms with E-state index in [1.54, 1.807) is 61.5 Å². The number of amides is 1. The van der Waals surface area contributed by atoms with Gasteiger partial charge in [0.05, 0.1) is 22.9 Å². The molecule has 0 radical (unpaired) electrons. The van der Waals surface area contributed by atoms with Crippen LogP contribution in [0.4, 0.5) is 5.69 Å². The van der Waals surface area contributed by atoms with Crippen molar-refractivity contribution in [2.45, 2.75) is 18.4 Å². The molecule has 7 nitrogen and oxygen atoms in total. The Kier molecular flexibility index (Phi) is 6.66. The van der Waals surface area contributed by atoms with Gasteiger partial charge in [-0.3, -0.25) is 4.79 Å². The van der Waals surface area contributed by atoms with E-state index >= 15 is 0 Å². The molecular weight excluding hydrogens is 390 g/mol. The molecule has 0 aliphatic rings. The van der Waals surface area contributed by atoms with E-state index in [1.807, 2.05) is 6.07 Å². The number of hydrogen-bond acceptors (Lipinski definition) is 7. The zero-order valence-electron chi connectivity index (χ0n) is 15.5. The van der Waals surface area contributed by atoms with Crippen LogP contribution in [0.25, 0.3) is 0 Å². The molecule has 1 heterocycles. The summed E-state index contributed by atoms with van der Waals surface area (Å²) < 4.78 is 10.2. The molecule has 0 bridgehead atoms. The van der Waals surface area contributed by atoms with Gasteiger partial charge in [-0.15, -0.1) is 11.8 Å². The minimum absolute atomic E-state index is 0.00485. The predicted molar refractivity (Wildman–Crippen MR) is 107 cm³/mol. The molecule has 0 atom stereocenters. The number of benzene rings is 2.